The van der Waals surface area contributed by atoms with E-state index in [0.717, 1.165) is 17.7 Å². The predicted octanol–water partition coefficient (Wildman–Crippen LogP) is 4.49. The van der Waals surface area contributed by atoms with Gasteiger partial charge >= 0.3 is 12.5 Å². The number of halogens is 6. The molecule has 2 aromatic rings. The molecule has 1 aliphatic rings. The van der Waals surface area contributed by atoms with E-state index < -0.39 is 29.5 Å². The molecular weight excluding hydrogens is 434 g/mol. The fourth-order valence-electron chi connectivity index (χ4n) is 3.13. The number of rotatable bonds is 6. The first-order chi connectivity index (χ1) is 14.0. The van der Waals surface area contributed by atoms with Crippen LogP contribution in [0.2, 0.25) is 0 Å². The first kappa shape index (κ1) is 22.7. The van der Waals surface area contributed by atoms with Crippen LogP contribution in [-0.4, -0.2) is 34.9 Å². The van der Waals surface area contributed by atoms with E-state index in [-0.39, 0.29) is 16.7 Å². The molecule has 2 atom stereocenters. The van der Waals surface area contributed by atoms with E-state index >= 15 is 0 Å². The van der Waals surface area contributed by atoms with Gasteiger partial charge in [-0.05, 0) is 36.2 Å². The lowest BCUT2D eigenvalue weighted by atomic mass is 10.2. The summed E-state index contributed by atoms with van der Waals surface area (Å²) in [7, 11) is 0. The minimum absolute atomic E-state index is 0.0449. The van der Waals surface area contributed by atoms with Crippen LogP contribution in [-0.2, 0) is 24.1 Å². The molecule has 0 radical (unpaired) electrons. The van der Waals surface area contributed by atoms with Crippen molar-refractivity contribution in [3.8, 4) is 5.75 Å². The molecule has 0 amide bonds. The van der Waals surface area contributed by atoms with Gasteiger partial charge in [-0.15, -0.1) is 17.9 Å². The molecule has 1 aliphatic heterocycles. The van der Waals surface area contributed by atoms with Gasteiger partial charge in [0.15, 0.2) is 4.90 Å². The van der Waals surface area contributed by atoms with Gasteiger partial charge in [-0.2, -0.15) is 13.2 Å². The maximum atomic E-state index is 12.8. The van der Waals surface area contributed by atoms with E-state index in [1.165, 1.54) is 36.4 Å². The van der Waals surface area contributed by atoms with Gasteiger partial charge in [0, 0.05) is 25.7 Å². The Morgan fingerprint density at radius 1 is 1.07 bits per heavy atom. The summed E-state index contributed by atoms with van der Waals surface area (Å²) in [4.78, 5) is 2.06. The summed E-state index contributed by atoms with van der Waals surface area (Å²) in [5.74, 6) is -0.302. The summed E-state index contributed by atoms with van der Waals surface area (Å²) in [6.45, 7) is 1.63. The van der Waals surface area contributed by atoms with Gasteiger partial charge in [-0.1, -0.05) is 18.2 Å². The van der Waals surface area contributed by atoms with E-state index in [2.05, 4.69) is 9.46 Å². The lowest BCUT2D eigenvalue weighted by Gasteiger charge is -2.18. The third kappa shape index (κ3) is 6.53. The summed E-state index contributed by atoms with van der Waals surface area (Å²) in [6, 6.07) is 9.71. The van der Waals surface area contributed by atoms with Crippen LogP contribution < -0.4 is 9.46 Å². The van der Waals surface area contributed by atoms with Gasteiger partial charge in [-0.3, -0.25) is 4.90 Å². The lowest BCUT2D eigenvalue weighted by Crippen LogP contribution is -2.37. The second kappa shape index (κ2) is 9.04. The van der Waals surface area contributed by atoms with E-state index in [1.807, 2.05) is 4.90 Å². The predicted molar refractivity (Wildman–Crippen MR) is 97.8 cm³/mol. The van der Waals surface area contributed by atoms with Crippen LogP contribution in [0.5, 0.6) is 5.75 Å². The smallest absolute Gasteiger partial charge is 0.573 e. The number of nitrogens with one attached hydrogen (secondary N) is 1. The topological polar surface area (TPSA) is 47.6 Å². The molecule has 0 bridgehead atoms. The van der Waals surface area contributed by atoms with Crippen molar-refractivity contribution in [2.45, 2.75) is 36.4 Å². The van der Waals surface area contributed by atoms with Crippen LogP contribution in [0.1, 0.15) is 17.5 Å². The van der Waals surface area contributed by atoms with Crippen LogP contribution in [0.4, 0.5) is 26.3 Å². The van der Waals surface area contributed by atoms with Gasteiger partial charge in [0.25, 0.3) is 0 Å². The molecule has 4 nitrogen and oxygen atoms in total. The van der Waals surface area contributed by atoms with Gasteiger partial charge in [0.2, 0.25) is 0 Å². The summed E-state index contributed by atoms with van der Waals surface area (Å²) in [6.07, 6.45) is -8.62. The number of nitrogens with zero attached hydrogens (tertiary/aromatic N) is 1. The minimum Gasteiger partial charge on any atom is -0.593 e. The van der Waals surface area contributed by atoms with E-state index in [1.54, 1.807) is 0 Å². The highest BCUT2D eigenvalue weighted by Gasteiger charge is 2.33. The molecule has 0 spiro atoms. The van der Waals surface area contributed by atoms with Crippen molar-refractivity contribution >= 4 is 11.4 Å². The average Bonchev–Trinajstić information content (AvgIpc) is 3.08. The first-order valence-corrected chi connectivity index (χ1v) is 10.1. The Labute approximate surface area is 172 Å². The van der Waals surface area contributed by atoms with Crippen LogP contribution in [0.15, 0.2) is 53.4 Å². The van der Waals surface area contributed by atoms with Crippen molar-refractivity contribution in [3.05, 3.63) is 59.7 Å². The van der Waals surface area contributed by atoms with E-state index in [9.17, 15) is 30.9 Å². The fourth-order valence-corrected chi connectivity index (χ4v) is 4.20. The number of likely N-dealkylation sites (tertiary alicyclic amines) is 1. The second-order valence-corrected chi connectivity index (χ2v) is 8.07. The molecule has 1 fully saturated rings. The summed E-state index contributed by atoms with van der Waals surface area (Å²) >= 11 is -1.79. The van der Waals surface area contributed by atoms with Crippen molar-refractivity contribution < 1.29 is 35.6 Å². The van der Waals surface area contributed by atoms with Crippen LogP contribution in [0.3, 0.4) is 0 Å². The highest BCUT2D eigenvalue weighted by Crippen LogP contribution is 2.30. The first-order valence-electron chi connectivity index (χ1n) is 8.92. The fraction of sp³-hybridized carbons (Fsp3) is 0.368. The van der Waals surface area contributed by atoms with Crippen molar-refractivity contribution in [3.63, 3.8) is 0 Å². The van der Waals surface area contributed by atoms with Crippen molar-refractivity contribution in [1.29, 1.82) is 0 Å². The summed E-state index contributed by atoms with van der Waals surface area (Å²) < 4.78 is 94.1. The molecule has 0 aliphatic carbocycles. The van der Waals surface area contributed by atoms with Crippen molar-refractivity contribution in [2.75, 3.05) is 13.1 Å². The Kier molecular flexibility index (Phi) is 6.85. The molecule has 164 valence electrons. The quantitative estimate of drug-likeness (QED) is 0.518. The SMILES string of the molecule is [O-][S+](N[C@@H]1CCN(Cc2ccc(OC(F)(F)F)cc2)C1)c1cccc(C(F)(F)F)c1. The van der Waals surface area contributed by atoms with Crippen LogP contribution in [0.25, 0.3) is 0 Å². The number of alkyl halides is 6. The molecule has 1 heterocycles. The standard InChI is InChI=1S/C19H18F6N2O2S/c20-18(21,22)14-2-1-3-17(10-14)30(28)26-15-8-9-27(12-15)11-13-4-6-16(7-5-13)29-19(23,24)25/h1-7,10,15,26H,8-9,11-12H2/t15-,30?/m1/s1. The molecule has 1 unspecified atom stereocenters. The Morgan fingerprint density at radius 2 is 1.77 bits per heavy atom. The van der Waals surface area contributed by atoms with Gasteiger partial charge in [0.05, 0.1) is 23.0 Å². The minimum atomic E-state index is -4.75. The zero-order valence-electron chi connectivity index (χ0n) is 15.5. The molecule has 1 saturated heterocycles. The highest BCUT2D eigenvalue weighted by molar-refractivity contribution is 7.89. The van der Waals surface area contributed by atoms with Gasteiger partial charge in [0.1, 0.15) is 5.75 Å². The van der Waals surface area contributed by atoms with Gasteiger partial charge in [-0.25, -0.2) is 0 Å². The van der Waals surface area contributed by atoms with E-state index in [4.69, 9.17) is 0 Å². The summed E-state index contributed by atoms with van der Waals surface area (Å²) in [5, 5.41) is 0. The molecule has 2 aromatic carbocycles. The Hall–Kier alpha value is -1.95. The number of benzene rings is 2. The van der Waals surface area contributed by atoms with Gasteiger partial charge < -0.3 is 9.29 Å². The van der Waals surface area contributed by atoms with Crippen LogP contribution >= 0.6 is 0 Å². The molecule has 11 heteroatoms. The zero-order chi connectivity index (χ0) is 21.9. The Balaban J connectivity index is 1.52. The second-order valence-electron chi connectivity index (χ2n) is 6.82. The Bertz CT molecular complexity index is 844. The molecule has 0 aromatic heterocycles. The maximum absolute atomic E-state index is 12.8. The van der Waals surface area contributed by atoms with Crippen molar-refractivity contribution in [1.82, 2.24) is 9.62 Å². The largest absolute Gasteiger partial charge is 0.593 e. The lowest BCUT2D eigenvalue weighted by molar-refractivity contribution is -0.274. The molecule has 3 rings (SSSR count). The van der Waals surface area contributed by atoms with Crippen LogP contribution in [0, 0.1) is 0 Å². The molecule has 1 N–H and O–H groups in total. The third-order valence-corrected chi connectivity index (χ3v) is 5.71. The Morgan fingerprint density at radius 3 is 2.40 bits per heavy atom. The molecule has 0 saturated carbocycles. The van der Waals surface area contributed by atoms with E-state index in [0.29, 0.717) is 26.1 Å². The number of hydrogen-bond acceptors (Lipinski definition) is 4. The third-order valence-electron chi connectivity index (χ3n) is 4.48. The summed E-state index contributed by atoms with van der Waals surface area (Å²) in [5.41, 5.74) is -0.0784. The molecular formula is C19H18F6N2O2S. The zero-order valence-corrected chi connectivity index (χ0v) is 16.3. The number of hydrogen-bond donors (Lipinski definition) is 1. The normalized spacial score (nSPS) is 19.1. The van der Waals surface area contributed by atoms with Crippen molar-refractivity contribution in [2.24, 2.45) is 0 Å². The monoisotopic (exact) mass is 452 g/mol. The maximum Gasteiger partial charge on any atom is 0.573 e. The highest BCUT2D eigenvalue weighted by atomic mass is 32.2. The molecule has 30 heavy (non-hydrogen) atoms. The number of ether oxygens (including phenoxy) is 1. The average molecular weight is 452 g/mol.